The Morgan fingerprint density at radius 1 is 1.05 bits per heavy atom. The first-order valence-electron chi connectivity index (χ1n) is 8.61. The summed E-state index contributed by atoms with van der Waals surface area (Å²) in [5, 5.41) is 3.70. The van der Waals surface area contributed by atoms with Crippen LogP contribution in [0.15, 0.2) is 24.3 Å². The minimum absolute atomic E-state index is 0.585. The number of para-hydroxylation sites is 1. The van der Waals surface area contributed by atoms with E-state index in [4.69, 9.17) is 0 Å². The summed E-state index contributed by atoms with van der Waals surface area (Å²) in [5.74, 6) is 1.58. The van der Waals surface area contributed by atoms with Gasteiger partial charge < -0.3 is 10.2 Å². The van der Waals surface area contributed by atoms with Gasteiger partial charge in [0.25, 0.3) is 0 Å². The fourth-order valence-corrected chi connectivity index (χ4v) is 2.97. The van der Waals surface area contributed by atoms with Crippen molar-refractivity contribution in [2.24, 2.45) is 11.8 Å². The molecule has 0 saturated carbocycles. The van der Waals surface area contributed by atoms with Crippen LogP contribution in [0.5, 0.6) is 0 Å². The Hall–Kier alpha value is -1.02. The van der Waals surface area contributed by atoms with Gasteiger partial charge >= 0.3 is 0 Å². The maximum Gasteiger partial charge on any atom is 0.0429 e. The first-order chi connectivity index (χ1) is 10.0. The molecule has 0 bridgehead atoms. The zero-order chi connectivity index (χ0) is 15.2. The Morgan fingerprint density at radius 3 is 2.24 bits per heavy atom. The molecule has 0 radical (unpaired) electrons. The van der Waals surface area contributed by atoms with Crippen LogP contribution < -0.4 is 5.32 Å². The maximum absolute atomic E-state index is 3.70. The molecule has 1 aromatic carbocycles. The zero-order valence-corrected chi connectivity index (χ0v) is 14.2. The van der Waals surface area contributed by atoms with Gasteiger partial charge in [0.1, 0.15) is 0 Å². The van der Waals surface area contributed by atoms with E-state index in [1.54, 1.807) is 0 Å². The van der Waals surface area contributed by atoms with Gasteiger partial charge in [-0.25, -0.2) is 0 Å². The lowest BCUT2D eigenvalue weighted by atomic mass is 10.1. The third-order valence-corrected chi connectivity index (χ3v) is 4.37. The Morgan fingerprint density at radius 2 is 1.67 bits per heavy atom. The third kappa shape index (κ3) is 5.35. The molecule has 0 amide bonds. The molecule has 1 heterocycles. The van der Waals surface area contributed by atoms with E-state index < -0.39 is 0 Å². The second-order valence-corrected chi connectivity index (χ2v) is 7.37. The standard InChI is InChI=1S/C19H32N2/c1-15(2)9-11-21(12-10-16(3)4)14-18-13-17-7-5-6-8-19(17)20-18/h5-8,15-16,18,20H,9-14H2,1-4H3. The van der Waals surface area contributed by atoms with Crippen LogP contribution in [0, 0.1) is 11.8 Å². The van der Waals surface area contributed by atoms with Crippen LogP contribution in [0.2, 0.25) is 0 Å². The fourth-order valence-electron chi connectivity index (χ4n) is 2.97. The summed E-state index contributed by atoms with van der Waals surface area (Å²) in [6.45, 7) is 12.9. The summed E-state index contributed by atoms with van der Waals surface area (Å²) >= 11 is 0. The molecule has 21 heavy (non-hydrogen) atoms. The van der Waals surface area contributed by atoms with E-state index in [1.165, 1.54) is 50.1 Å². The van der Waals surface area contributed by atoms with Gasteiger partial charge in [0.15, 0.2) is 0 Å². The number of hydrogen-bond donors (Lipinski definition) is 1. The third-order valence-electron chi connectivity index (χ3n) is 4.37. The highest BCUT2D eigenvalue weighted by atomic mass is 15.2. The molecule has 1 aliphatic rings. The van der Waals surface area contributed by atoms with Crippen molar-refractivity contribution in [3.05, 3.63) is 29.8 Å². The summed E-state index contributed by atoms with van der Waals surface area (Å²) in [7, 11) is 0. The van der Waals surface area contributed by atoms with Gasteiger partial charge in [-0.2, -0.15) is 0 Å². The monoisotopic (exact) mass is 288 g/mol. The molecule has 0 saturated heterocycles. The number of benzene rings is 1. The van der Waals surface area contributed by atoms with Crippen molar-refractivity contribution in [1.82, 2.24) is 4.90 Å². The van der Waals surface area contributed by atoms with E-state index in [0.717, 1.165) is 11.8 Å². The molecular formula is C19H32N2. The summed E-state index contributed by atoms with van der Waals surface area (Å²) in [6, 6.07) is 9.33. The first-order valence-corrected chi connectivity index (χ1v) is 8.61. The lowest BCUT2D eigenvalue weighted by Gasteiger charge is -2.27. The summed E-state index contributed by atoms with van der Waals surface area (Å²) < 4.78 is 0. The minimum Gasteiger partial charge on any atom is -0.380 e. The van der Waals surface area contributed by atoms with Crippen LogP contribution >= 0.6 is 0 Å². The summed E-state index contributed by atoms with van der Waals surface area (Å²) in [5.41, 5.74) is 2.82. The van der Waals surface area contributed by atoms with Gasteiger partial charge in [-0.15, -0.1) is 0 Å². The normalized spacial score (nSPS) is 17.6. The van der Waals surface area contributed by atoms with Gasteiger partial charge in [0.2, 0.25) is 0 Å². The largest absolute Gasteiger partial charge is 0.380 e. The van der Waals surface area contributed by atoms with Crippen molar-refractivity contribution in [2.75, 3.05) is 25.0 Å². The average Bonchev–Trinajstić information content (AvgIpc) is 2.83. The molecule has 2 nitrogen and oxygen atoms in total. The average molecular weight is 288 g/mol. The van der Waals surface area contributed by atoms with Crippen molar-refractivity contribution in [3.63, 3.8) is 0 Å². The smallest absolute Gasteiger partial charge is 0.0429 e. The second kappa shape index (κ2) is 7.84. The molecule has 1 N–H and O–H groups in total. The number of nitrogens with one attached hydrogen (secondary N) is 1. The van der Waals surface area contributed by atoms with Crippen molar-refractivity contribution in [1.29, 1.82) is 0 Å². The fraction of sp³-hybridized carbons (Fsp3) is 0.684. The molecule has 1 aromatic rings. The Labute approximate surface area is 130 Å². The lowest BCUT2D eigenvalue weighted by molar-refractivity contribution is 0.235. The SMILES string of the molecule is CC(C)CCN(CCC(C)C)CC1Cc2ccccc2N1. The van der Waals surface area contributed by atoms with Gasteiger partial charge in [-0.1, -0.05) is 45.9 Å². The van der Waals surface area contributed by atoms with E-state index in [0.29, 0.717) is 6.04 Å². The van der Waals surface area contributed by atoms with Crippen LogP contribution in [-0.2, 0) is 6.42 Å². The highest BCUT2D eigenvalue weighted by Gasteiger charge is 2.22. The highest BCUT2D eigenvalue weighted by molar-refractivity contribution is 5.56. The molecule has 0 fully saturated rings. The molecule has 0 spiro atoms. The van der Waals surface area contributed by atoms with Crippen molar-refractivity contribution >= 4 is 5.69 Å². The Kier molecular flexibility index (Phi) is 6.10. The number of rotatable bonds is 8. The van der Waals surface area contributed by atoms with Gasteiger partial charge in [-0.05, 0) is 55.8 Å². The Balaban J connectivity index is 1.86. The van der Waals surface area contributed by atoms with E-state index >= 15 is 0 Å². The second-order valence-electron chi connectivity index (χ2n) is 7.37. The molecule has 2 rings (SSSR count). The molecule has 0 aromatic heterocycles. The molecule has 1 atom stereocenters. The zero-order valence-electron chi connectivity index (χ0n) is 14.2. The maximum atomic E-state index is 3.70. The van der Waals surface area contributed by atoms with Crippen molar-refractivity contribution < 1.29 is 0 Å². The van der Waals surface area contributed by atoms with Crippen molar-refractivity contribution in [3.8, 4) is 0 Å². The number of hydrogen-bond acceptors (Lipinski definition) is 2. The van der Waals surface area contributed by atoms with Gasteiger partial charge in [-0.3, -0.25) is 0 Å². The van der Waals surface area contributed by atoms with Crippen LogP contribution in [-0.4, -0.2) is 30.6 Å². The predicted molar refractivity (Wildman–Crippen MR) is 92.9 cm³/mol. The van der Waals surface area contributed by atoms with E-state index in [-0.39, 0.29) is 0 Å². The summed E-state index contributed by atoms with van der Waals surface area (Å²) in [6.07, 6.45) is 3.78. The van der Waals surface area contributed by atoms with Crippen LogP contribution in [0.1, 0.15) is 46.1 Å². The number of nitrogens with zero attached hydrogens (tertiary/aromatic N) is 1. The molecule has 118 valence electrons. The molecule has 0 aliphatic carbocycles. The van der Waals surface area contributed by atoms with Crippen LogP contribution in [0.25, 0.3) is 0 Å². The number of anilines is 1. The molecule has 1 unspecified atom stereocenters. The molecule has 2 heteroatoms. The van der Waals surface area contributed by atoms with Crippen molar-refractivity contribution in [2.45, 2.75) is 53.0 Å². The number of fused-ring (bicyclic) bond motifs is 1. The first kappa shape index (κ1) is 16.4. The molecule has 1 aliphatic heterocycles. The summed E-state index contributed by atoms with van der Waals surface area (Å²) in [4.78, 5) is 2.67. The molecular weight excluding hydrogens is 256 g/mol. The highest BCUT2D eigenvalue weighted by Crippen LogP contribution is 2.25. The Bertz CT molecular complexity index is 388. The quantitative estimate of drug-likeness (QED) is 0.762. The topological polar surface area (TPSA) is 15.3 Å². The van der Waals surface area contributed by atoms with Gasteiger partial charge in [0.05, 0.1) is 0 Å². The minimum atomic E-state index is 0.585. The van der Waals surface area contributed by atoms with E-state index in [2.05, 4.69) is 62.2 Å². The van der Waals surface area contributed by atoms with E-state index in [1.807, 2.05) is 0 Å². The van der Waals surface area contributed by atoms with E-state index in [9.17, 15) is 0 Å². The van der Waals surface area contributed by atoms with Gasteiger partial charge in [0, 0.05) is 18.3 Å². The predicted octanol–water partition coefficient (Wildman–Crippen LogP) is 4.42. The van der Waals surface area contributed by atoms with Crippen LogP contribution in [0.4, 0.5) is 5.69 Å². The van der Waals surface area contributed by atoms with Crippen LogP contribution in [0.3, 0.4) is 0 Å². The lowest BCUT2D eigenvalue weighted by Crippen LogP contribution is -2.37.